The Bertz CT molecular complexity index is 388. The number of ether oxygens (including phenoxy) is 1. The maximum absolute atomic E-state index is 6.00. The van der Waals surface area contributed by atoms with E-state index in [1.165, 1.54) is 0 Å². The van der Waals surface area contributed by atoms with Crippen LogP contribution in [-0.4, -0.2) is 36.0 Å². The number of halogens is 2. The second-order valence-corrected chi connectivity index (χ2v) is 4.63. The van der Waals surface area contributed by atoms with Crippen molar-refractivity contribution < 1.29 is 4.74 Å². The van der Waals surface area contributed by atoms with Crippen LogP contribution in [0.3, 0.4) is 0 Å². The number of nitrogens with zero attached hydrogens (tertiary/aromatic N) is 3. The van der Waals surface area contributed by atoms with Crippen LogP contribution < -0.4 is 4.90 Å². The van der Waals surface area contributed by atoms with Gasteiger partial charge in [0.15, 0.2) is 10.3 Å². The van der Waals surface area contributed by atoms with Crippen molar-refractivity contribution in [3.8, 4) is 0 Å². The van der Waals surface area contributed by atoms with Gasteiger partial charge in [-0.05, 0) is 13.3 Å². The Balaban J connectivity index is 2.25. The first-order valence-corrected chi connectivity index (χ1v) is 5.88. The summed E-state index contributed by atoms with van der Waals surface area (Å²) in [5.74, 6) is 0. The number of anilines is 1. The van der Waals surface area contributed by atoms with E-state index in [9.17, 15) is 0 Å². The zero-order valence-corrected chi connectivity index (χ0v) is 10.7. The van der Waals surface area contributed by atoms with E-state index < -0.39 is 0 Å². The second-order valence-electron chi connectivity index (χ2n) is 3.89. The molecule has 1 aliphatic heterocycles. The van der Waals surface area contributed by atoms with Gasteiger partial charge in [0.25, 0.3) is 0 Å². The predicted octanol–water partition coefficient (Wildman–Crippen LogP) is 2.40. The lowest BCUT2D eigenvalue weighted by molar-refractivity contribution is 0.118. The molecule has 1 aromatic rings. The molecule has 0 aromatic carbocycles. The molecule has 4 nitrogen and oxygen atoms in total. The van der Waals surface area contributed by atoms with Gasteiger partial charge in [-0.1, -0.05) is 23.2 Å². The second kappa shape index (κ2) is 4.73. The molecule has 88 valence electrons. The van der Waals surface area contributed by atoms with E-state index >= 15 is 0 Å². The largest absolute Gasteiger partial charge is 0.376 e. The van der Waals surface area contributed by atoms with Gasteiger partial charge in [-0.25, -0.2) is 0 Å². The van der Waals surface area contributed by atoms with Crippen LogP contribution in [0.15, 0.2) is 6.07 Å². The third kappa shape index (κ3) is 2.24. The Morgan fingerprint density at radius 1 is 1.44 bits per heavy atom. The Morgan fingerprint density at radius 2 is 2.19 bits per heavy atom. The first-order chi connectivity index (χ1) is 7.59. The van der Waals surface area contributed by atoms with E-state index in [2.05, 4.69) is 22.0 Å². The number of aromatic nitrogens is 2. The SMILES string of the molecule is CC1OCCC1N(C)c1cc(Cl)nnc1Cl. The van der Waals surface area contributed by atoms with Crippen LogP contribution in [0, 0.1) is 0 Å². The van der Waals surface area contributed by atoms with Crippen molar-refractivity contribution in [1.82, 2.24) is 10.2 Å². The molecule has 1 aliphatic rings. The summed E-state index contributed by atoms with van der Waals surface area (Å²) in [5.41, 5.74) is 0.795. The summed E-state index contributed by atoms with van der Waals surface area (Å²) >= 11 is 11.8. The number of hydrogen-bond donors (Lipinski definition) is 0. The number of rotatable bonds is 2. The van der Waals surface area contributed by atoms with Crippen molar-refractivity contribution in [2.75, 3.05) is 18.6 Å². The fourth-order valence-electron chi connectivity index (χ4n) is 2.00. The molecule has 1 aromatic heterocycles. The van der Waals surface area contributed by atoms with E-state index in [-0.39, 0.29) is 6.10 Å². The molecular formula is C10H13Cl2N3O. The molecule has 0 radical (unpaired) electrons. The van der Waals surface area contributed by atoms with Crippen molar-refractivity contribution in [2.45, 2.75) is 25.5 Å². The van der Waals surface area contributed by atoms with Crippen LogP contribution in [0.5, 0.6) is 0 Å². The van der Waals surface area contributed by atoms with Gasteiger partial charge in [0, 0.05) is 19.7 Å². The molecule has 1 fully saturated rings. The summed E-state index contributed by atoms with van der Waals surface area (Å²) in [4.78, 5) is 2.06. The van der Waals surface area contributed by atoms with Crippen molar-refractivity contribution in [2.24, 2.45) is 0 Å². The van der Waals surface area contributed by atoms with Gasteiger partial charge >= 0.3 is 0 Å². The Hall–Kier alpha value is -0.580. The average molecular weight is 262 g/mol. The normalized spacial score (nSPS) is 24.8. The van der Waals surface area contributed by atoms with E-state index in [0.717, 1.165) is 18.7 Å². The quantitative estimate of drug-likeness (QED) is 0.820. The van der Waals surface area contributed by atoms with E-state index in [1.54, 1.807) is 6.07 Å². The summed E-state index contributed by atoms with van der Waals surface area (Å²) in [6.07, 6.45) is 1.17. The highest BCUT2D eigenvalue weighted by Crippen LogP contribution is 2.29. The highest BCUT2D eigenvalue weighted by molar-refractivity contribution is 6.33. The van der Waals surface area contributed by atoms with Gasteiger partial charge in [-0.15, -0.1) is 10.2 Å². The van der Waals surface area contributed by atoms with E-state index in [4.69, 9.17) is 27.9 Å². The van der Waals surface area contributed by atoms with Crippen molar-refractivity contribution in [3.63, 3.8) is 0 Å². The molecule has 16 heavy (non-hydrogen) atoms. The van der Waals surface area contributed by atoms with E-state index in [0.29, 0.717) is 16.3 Å². The number of likely N-dealkylation sites (N-methyl/N-ethyl adjacent to an activating group) is 1. The average Bonchev–Trinajstić information content (AvgIpc) is 2.67. The van der Waals surface area contributed by atoms with Crippen LogP contribution in [0.2, 0.25) is 10.3 Å². The summed E-state index contributed by atoms with van der Waals surface area (Å²) in [6, 6.07) is 2.03. The minimum Gasteiger partial charge on any atom is -0.376 e. The van der Waals surface area contributed by atoms with Crippen molar-refractivity contribution in [3.05, 3.63) is 16.4 Å². The maximum atomic E-state index is 6.00. The maximum Gasteiger partial charge on any atom is 0.175 e. The summed E-state index contributed by atoms with van der Waals surface area (Å²) in [5, 5.41) is 8.20. The highest BCUT2D eigenvalue weighted by Gasteiger charge is 2.29. The highest BCUT2D eigenvalue weighted by atomic mass is 35.5. The molecule has 2 rings (SSSR count). The topological polar surface area (TPSA) is 38.2 Å². The minimum atomic E-state index is 0.188. The minimum absolute atomic E-state index is 0.188. The fourth-order valence-corrected chi connectivity index (χ4v) is 2.37. The predicted molar refractivity (Wildman–Crippen MR) is 64.3 cm³/mol. The van der Waals surface area contributed by atoms with Gasteiger partial charge < -0.3 is 9.64 Å². The zero-order chi connectivity index (χ0) is 11.7. The Labute approximate surface area is 105 Å². The van der Waals surface area contributed by atoms with Crippen LogP contribution in [0.4, 0.5) is 5.69 Å². The molecule has 2 heterocycles. The smallest absolute Gasteiger partial charge is 0.175 e. The first kappa shape index (κ1) is 11.9. The molecule has 0 aliphatic carbocycles. The molecule has 0 saturated carbocycles. The Morgan fingerprint density at radius 3 is 2.81 bits per heavy atom. The zero-order valence-electron chi connectivity index (χ0n) is 9.15. The summed E-state index contributed by atoms with van der Waals surface area (Å²) < 4.78 is 5.52. The molecule has 0 bridgehead atoms. The van der Waals surface area contributed by atoms with E-state index in [1.807, 2.05) is 7.05 Å². The van der Waals surface area contributed by atoms with Gasteiger partial charge in [-0.2, -0.15) is 0 Å². The molecule has 0 N–H and O–H groups in total. The molecule has 0 amide bonds. The first-order valence-electron chi connectivity index (χ1n) is 5.12. The van der Waals surface area contributed by atoms with Crippen molar-refractivity contribution in [1.29, 1.82) is 0 Å². The lowest BCUT2D eigenvalue weighted by Crippen LogP contribution is -2.37. The molecule has 6 heteroatoms. The van der Waals surface area contributed by atoms with Gasteiger partial charge in [0.1, 0.15) is 0 Å². The van der Waals surface area contributed by atoms with Crippen LogP contribution in [0.1, 0.15) is 13.3 Å². The molecular weight excluding hydrogens is 249 g/mol. The number of hydrogen-bond acceptors (Lipinski definition) is 4. The lowest BCUT2D eigenvalue weighted by atomic mass is 10.1. The van der Waals surface area contributed by atoms with Gasteiger partial charge in [-0.3, -0.25) is 0 Å². The van der Waals surface area contributed by atoms with Crippen LogP contribution >= 0.6 is 23.2 Å². The van der Waals surface area contributed by atoms with Crippen LogP contribution in [-0.2, 0) is 4.74 Å². The van der Waals surface area contributed by atoms with Crippen LogP contribution in [0.25, 0.3) is 0 Å². The molecule has 2 unspecified atom stereocenters. The summed E-state index contributed by atoms with van der Waals surface area (Å²) in [6.45, 7) is 2.83. The fraction of sp³-hybridized carbons (Fsp3) is 0.600. The third-order valence-corrected chi connectivity index (χ3v) is 3.37. The molecule has 2 atom stereocenters. The molecule has 1 saturated heterocycles. The Kier molecular flexibility index (Phi) is 3.52. The third-order valence-electron chi connectivity index (χ3n) is 2.91. The lowest BCUT2D eigenvalue weighted by Gasteiger charge is -2.28. The summed E-state index contributed by atoms with van der Waals surface area (Å²) in [7, 11) is 1.97. The van der Waals surface area contributed by atoms with Gasteiger partial charge in [0.05, 0.1) is 17.8 Å². The molecule has 0 spiro atoms. The standard InChI is InChI=1S/C10H13Cl2N3O/c1-6-7(3-4-16-6)15(2)8-5-9(11)13-14-10(8)12/h5-7H,3-4H2,1-2H3. The van der Waals surface area contributed by atoms with Gasteiger partial charge in [0.2, 0.25) is 0 Å². The van der Waals surface area contributed by atoms with Crippen molar-refractivity contribution >= 4 is 28.9 Å². The monoisotopic (exact) mass is 261 g/mol.